The van der Waals surface area contributed by atoms with Gasteiger partial charge in [0.25, 0.3) is 5.91 Å². The van der Waals surface area contributed by atoms with Gasteiger partial charge in [-0.05, 0) is 24.7 Å². The summed E-state index contributed by atoms with van der Waals surface area (Å²) in [4.78, 5) is 17.1. The molecule has 0 unspecified atom stereocenters. The Bertz CT molecular complexity index is 581. The average Bonchev–Trinajstić information content (AvgIpc) is 2.86. The van der Waals surface area contributed by atoms with E-state index in [-0.39, 0.29) is 12.0 Å². The van der Waals surface area contributed by atoms with Crippen molar-refractivity contribution in [2.75, 3.05) is 46.4 Å². The van der Waals surface area contributed by atoms with Crippen LogP contribution in [-0.2, 0) is 4.74 Å². The van der Waals surface area contributed by atoms with Crippen molar-refractivity contribution in [3.63, 3.8) is 0 Å². The normalized spacial score (nSPS) is 25.1. The van der Waals surface area contributed by atoms with Gasteiger partial charge >= 0.3 is 0 Å². The third kappa shape index (κ3) is 3.47. The van der Waals surface area contributed by atoms with E-state index in [0.717, 1.165) is 26.2 Å². The van der Waals surface area contributed by atoms with Gasteiger partial charge in [-0.3, -0.25) is 4.79 Å². The highest BCUT2D eigenvalue weighted by Crippen LogP contribution is 2.28. The number of amides is 1. The van der Waals surface area contributed by atoms with Crippen LogP contribution in [-0.4, -0.2) is 68.3 Å². The predicted molar refractivity (Wildman–Crippen MR) is 89.3 cm³/mol. The minimum absolute atomic E-state index is 0.0476. The lowest BCUT2D eigenvalue weighted by molar-refractivity contribution is 0.0485. The van der Waals surface area contributed by atoms with Crippen LogP contribution in [0.5, 0.6) is 5.75 Å². The molecule has 2 saturated heterocycles. The van der Waals surface area contributed by atoms with Gasteiger partial charge in [0.2, 0.25) is 0 Å². The molecule has 0 radical (unpaired) electrons. The van der Waals surface area contributed by atoms with E-state index in [1.165, 1.54) is 0 Å². The Balaban J connectivity index is 1.75. The number of hydrogen-bond donors (Lipinski definition) is 0. The maximum absolute atomic E-state index is 12.8. The molecule has 1 aromatic rings. The Morgan fingerprint density at radius 2 is 2.22 bits per heavy atom. The Hall–Kier alpha value is -1.30. The fraction of sp³-hybridized carbons (Fsp3) is 0.588. The molecule has 2 fully saturated rings. The molecule has 0 saturated carbocycles. The smallest absolute Gasteiger partial charge is 0.255 e. The average molecular weight is 339 g/mol. The van der Waals surface area contributed by atoms with Crippen LogP contribution in [0.4, 0.5) is 0 Å². The first-order valence-electron chi connectivity index (χ1n) is 8.09. The zero-order chi connectivity index (χ0) is 16.4. The van der Waals surface area contributed by atoms with E-state index in [1.807, 2.05) is 4.90 Å². The number of nitrogens with zero attached hydrogens (tertiary/aromatic N) is 2. The highest BCUT2D eigenvalue weighted by Gasteiger charge is 2.38. The van der Waals surface area contributed by atoms with Crippen molar-refractivity contribution in [2.24, 2.45) is 5.92 Å². The van der Waals surface area contributed by atoms with E-state index < -0.39 is 0 Å². The number of rotatable bonds is 3. The van der Waals surface area contributed by atoms with Gasteiger partial charge < -0.3 is 19.3 Å². The number of methoxy groups -OCH3 is 1. The molecule has 0 N–H and O–H groups in total. The number of benzene rings is 1. The number of likely N-dealkylation sites (N-methyl/N-ethyl adjacent to an activating group) is 1. The largest absolute Gasteiger partial charge is 0.497 e. The van der Waals surface area contributed by atoms with E-state index in [4.69, 9.17) is 21.1 Å². The van der Waals surface area contributed by atoms with Crippen molar-refractivity contribution in [1.82, 2.24) is 9.80 Å². The van der Waals surface area contributed by atoms with Crippen LogP contribution in [0.15, 0.2) is 18.2 Å². The van der Waals surface area contributed by atoms with Crippen LogP contribution in [0.1, 0.15) is 17.3 Å². The molecule has 126 valence electrons. The molecular formula is C17H23ClN2O3. The number of hydrogen-bond acceptors (Lipinski definition) is 4. The van der Waals surface area contributed by atoms with Crippen molar-refractivity contribution < 1.29 is 14.3 Å². The summed E-state index contributed by atoms with van der Waals surface area (Å²) in [6.45, 7) is 7.21. The minimum Gasteiger partial charge on any atom is -0.497 e. The van der Waals surface area contributed by atoms with E-state index >= 15 is 0 Å². The first kappa shape index (κ1) is 16.6. The summed E-state index contributed by atoms with van der Waals surface area (Å²) in [6.07, 6.45) is 0.125. The lowest BCUT2D eigenvalue weighted by Gasteiger charge is -2.22. The monoisotopic (exact) mass is 338 g/mol. The zero-order valence-electron chi connectivity index (χ0n) is 13.6. The summed E-state index contributed by atoms with van der Waals surface area (Å²) >= 11 is 6.21. The van der Waals surface area contributed by atoms with Gasteiger partial charge in [0.05, 0.1) is 30.4 Å². The Kier molecular flexibility index (Phi) is 5.09. The minimum atomic E-state index is -0.0476. The molecule has 2 atom stereocenters. The van der Waals surface area contributed by atoms with Crippen LogP contribution >= 0.6 is 11.6 Å². The molecule has 2 aliphatic rings. The predicted octanol–water partition coefficient (Wildman–Crippen LogP) is 2.14. The standard InChI is InChI=1S/C17H23ClN2O3/c1-3-19-6-7-23-16-11-20(10-12(16)9-19)17(21)14-8-13(22-2)4-5-15(14)18/h4-5,8,12,16H,3,6-7,9-11H2,1-2H3/t12-,16+/m0/s1. The summed E-state index contributed by atoms with van der Waals surface area (Å²) in [6, 6.07) is 5.17. The molecular weight excluding hydrogens is 316 g/mol. The number of carbonyl (C=O) groups is 1. The molecule has 3 rings (SSSR count). The number of halogens is 1. The molecule has 23 heavy (non-hydrogen) atoms. The SMILES string of the molecule is CCN1CCO[C@@H]2CN(C(=O)c3cc(OC)ccc3Cl)C[C@@H]2C1. The van der Waals surface area contributed by atoms with Crippen molar-refractivity contribution in [3.05, 3.63) is 28.8 Å². The fourth-order valence-corrected chi connectivity index (χ4v) is 3.58. The second-order valence-corrected chi connectivity index (χ2v) is 6.53. The maximum Gasteiger partial charge on any atom is 0.255 e. The molecule has 0 aromatic heterocycles. The number of likely N-dealkylation sites (tertiary alicyclic amines) is 1. The zero-order valence-corrected chi connectivity index (χ0v) is 14.4. The van der Waals surface area contributed by atoms with E-state index in [1.54, 1.807) is 25.3 Å². The van der Waals surface area contributed by atoms with E-state index in [0.29, 0.717) is 35.3 Å². The molecule has 1 amide bonds. The highest BCUT2D eigenvalue weighted by molar-refractivity contribution is 6.33. The van der Waals surface area contributed by atoms with Crippen molar-refractivity contribution in [1.29, 1.82) is 0 Å². The van der Waals surface area contributed by atoms with Crippen molar-refractivity contribution >= 4 is 17.5 Å². The van der Waals surface area contributed by atoms with Gasteiger partial charge in [0, 0.05) is 32.1 Å². The molecule has 5 nitrogen and oxygen atoms in total. The van der Waals surface area contributed by atoms with Crippen LogP contribution in [0.25, 0.3) is 0 Å². The molecule has 0 bridgehead atoms. The molecule has 2 aliphatic heterocycles. The first-order valence-corrected chi connectivity index (χ1v) is 8.47. The maximum atomic E-state index is 12.8. The molecule has 0 aliphatic carbocycles. The number of ether oxygens (including phenoxy) is 2. The van der Waals surface area contributed by atoms with Gasteiger partial charge in [-0.2, -0.15) is 0 Å². The van der Waals surface area contributed by atoms with E-state index in [2.05, 4.69) is 11.8 Å². The Labute approximate surface area is 142 Å². The van der Waals surface area contributed by atoms with Gasteiger partial charge in [0.15, 0.2) is 0 Å². The molecule has 6 heteroatoms. The lowest BCUT2D eigenvalue weighted by Crippen LogP contribution is -2.34. The summed E-state index contributed by atoms with van der Waals surface area (Å²) < 4.78 is 11.2. The number of fused-ring (bicyclic) bond motifs is 1. The third-order valence-corrected chi connectivity index (χ3v) is 5.08. The number of carbonyl (C=O) groups excluding carboxylic acids is 1. The Morgan fingerprint density at radius 3 is 2.96 bits per heavy atom. The molecule has 1 aromatic carbocycles. The van der Waals surface area contributed by atoms with Crippen LogP contribution in [0.3, 0.4) is 0 Å². The van der Waals surface area contributed by atoms with Crippen LogP contribution in [0, 0.1) is 5.92 Å². The first-order chi connectivity index (χ1) is 11.1. The van der Waals surface area contributed by atoms with Gasteiger partial charge in [-0.1, -0.05) is 18.5 Å². The van der Waals surface area contributed by atoms with E-state index in [9.17, 15) is 4.79 Å². The van der Waals surface area contributed by atoms with Crippen LogP contribution < -0.4 is 4.74 Å². The summed E-state index contributed by atoms with van der Waals surface area (Å²) in [5.41, 5.74) is 0.495. The second-order valence-electron chi connectivity index (χ2n) is 6.12. The summed E-state index contributed by atoms with van der Waals surface area (Å²) in [7, 11) is 1.58. The summed E-state index contributed by atoms with van der Waals surface area (Å²) in [5.74, 6) is 0.957. The van der Waals surface area contributed by atoms with Crippen LogP contribution in [0.2, 0.25) is 5.02 Å². The van der Waals surface area contributed by atoms with Gasteiger partial charge in [-0.25, -0.2) is 0 Å². The molecule has 0 spiro atoms. The fourth-order valence-electron chi connectivity index (χ4n) is 3.38. The van der Waals surface area contributed by atoms with Gasteiger partial charge in [-0.15, -0.1) is 0 Å². The summed E-state index contributed by atoms with van der Waals surface area (Å²) in [5, 5.41) is 0.457. The highest BCUT2D eigenvalue weighted by atomic mass is 35.5. The van der Waals surface area contributed by atoms with Gasteiger partial charge in [0.1, 0.15) is 5.75 Å². The van der Waals surface area contributed by atoms with Crippen molar-refractivity contribution in [3.8, 4) is 5.75 Å². The quantitative estimate of drug-likeness (QED) is 0.847. The second kappa shape index (κ2) is 7.07. The Morgan fingerprint density at radius 1 is 1.39 bits per heavy atom. The lowest BCUT2D eigenvalue weighted by atomic mass is 10.1. The molecule has 2 heterocycles. The third-order valence-electron chi connectivity index (χ3n) is 4.75. The topological polar surface area (TPSA) is 42.0 Å². The van der Waals surface area contributed by atoms with Crippen molar-refractivity contribution in [2.45, 2.75) is 13.0 Å².